The summed E-state index contributed by atoms with van der Waals surface area (Å²) in [5.74, 6) is 0.839. The van der Waals surface area contributed by atoms with Crippen molar-refractivity contribution in [1.82, 2.24) is 0 Å². The number of esters is 1. The second-order valence-corrected chi connectivity index (χ2v) is 5.54. The van der Waals surface area contributed by atoms with E-state index in [9.17, 15) is 4.79 Å². The summed E-state index contributed by atoms with van der Waals surface area (Å²) in [7, 11) is 0. The molecule has 114 valence electrons. The Morgan fingerprint density at radius 1 is 1.18 bits per heavy atom. The fourth-order valence-electron chi connectivity index (χ4n) is 2.19. The van der Waals surface area contributed by atoms with E-state index >= 15 is 0 Å². The SMILES string of the molecule is Cc1ccc(CC(=O)OCc2cc(Cl)c3c(c2)OCO3)cc1. The van der Waals surface area contributed by atoms with Crippen molar-refractivity contribution in [3.63, 3.8) is 0 Å². The first-order valence-corrected chi connectivity index (χ1v) is 7.29. The van der Waals surface area contributed by atoms with Gasteiger partial charge in [0.05, 0.1) is 11.4 Å². The highest BCUT2D eigenvalue weighted by Gasteiger charge is 2.18. The van der Waals surface area contributed by atoms with Crippen LogP contribution in [0.2, 0.25) is 5.02 Å². The molecule has 0 amide bonds. The summed E-state index contributed by atoms with van der Waals surface area (Å²) in [4.78, 5) is 11.9. The number of carbonyl (C=O) groups excluding carboxylic acids is 1. The van der Waals surface area contributed by atoms with E-state index < -0.39 is 0 Å². The first-order chi connectivity index (χ1) is 10.6. The number of hydrogen-bond acceptors (Lipinski definition) is 4. The lowest BCUT2D eigenvalue weighted by molar-refractivity contribution is -0.144. The van der Waals surface area contributed by atoms with Gasteiger partial charge in [0.25, 0.3) is 0 Å². The fourth-order valence-corrected chi connectivity index (χ4v) is 2.48. The average molecular weight is 319 g/mol. The van der Waals surface area contributed by atoms with E-state index in [1.54, 1.807) is 12.1 Å². The molecule has 1 aliphatic heterocycles. The van der Waals surface area contributed by atoms with Gasteiger partial charge >= 0.3 is 5.97 Å². The maximum Gasteiger partial charge on any atom is 0.310 e. The number of benzene rings is 2. The third kappa shape index (κ3) is 3.34. The van der Waals surface area contributed by atoms with Crippen LogP contribution in [0.5, 0.6) is 11.5 Å². The van der Waals surface area contributed by atoms with Gasteiger partial charge in [0.15, 0.2) is 11.5 Å². The molecule has 2 aromatic carbocycles. The van der Waals surface area contributed by atoms with Gasteiger partial charge in [-0.05, 0) is 30.2 Å². The molecule has 3 rings (SSSR count). The number of aryl methyl sites for hydroxylation is 1. The molecule has 22 heavy (non-hydrogen) atoms. The highest BCUT2D eigenvalue weighted by molar-refractivity contribution is 6.32. The number of halogens is 1. The quantitative estimate of drug-likeness (QED) is 0.807. The van der Waals surface area contributed by atoms with Crippen LogP contribution in [0, 0.1) is 6.92 Å². The first-order valence-electron chi connectivity index (χ1n) is 6.91. The summed E-state index contributed by atoms with van der Waals surface area (Å²) in [6.07, 6.45) is 0.249. The van der Waals surface area contributed by atoms with Crippen molar-refractivity contribution in [2.45, 2.75) is 20.0 Å². The van der Waals surface area contributed by atoms with E-state index in [0.717, 1.165) is 16.7 Å². The van der Waals surface area contributed by atoms with Crippen molar-refractivity contribution in [3.05, 3.63) is 58.1 Å². The minimum Gasteiger partial charge on any atom is -0.461 e. The Hall–Kier alpha value is -2.20. The number of fused-ring (bicyclic) bond motifs is 1. The molecule has 0 saturated heterocycles. The predicted molar refractivity (Wildman–Crippen MR) is 82.3 cm³/mol. The Bertz CT molecular complexity index is 695. The molecule has 0 bridgehead atoms. The van der Waals surface area contributed by atoms with Crippen LogP contribution in [0.15, 0.2) is 36.4 Å². The predicted octanol–water partition coefficient (Wildman–Crippen LogP) is 3.66. The summed E-state index contributed by atoms with van der Waals surface area (Å²) in [6.45, 7) is 2.32. The summed E-state index contributed by atoms with van der Waals surface area (Å²) < 4.78 is 15.8. The van der Waals surface area contributed by atoms with E-state index in [1.807, 2.05) is 31.2 Å². The molecule has 5 heteroatoms. The van der Waals surface area contributed by atoms with E-state index in [4.69, 9.17) is 25.8 Å². The molecular formula is C17H15ClO4. The Morgan fingerprint density at radius 2 is 1.95 bits per heavy atom. The number of carbonyl (C=O) groups is 1. The van der Waals surface area contributed by atoms with Crippen LogP contribution in [0.4, 0.5) is 0 Å². The molecule has 0 aromatic heterocycles. The topological polar surface area (TPSA) is 44.8 Å². The largest absolute Gasteiger partial charge is 0.461 e. The standard InChI is InChI=1S/C17H15ClO4/c1-11-2-4-12(5-3-11)8-16(19)20-9-13-6-14(18)17-15(7-13)21-10-22-17/h2-7H,8-10H2,1H3. The van der Waals surface area contributed by atoms with Crippen LogP contribution in [-0.2, 0) is 22.6 Å². The van der Waals surface area contributed by atoms with E-state index in [-0.39, 0.29) is 25.8 Å². The summed E-state index contributed by atoms with van der Waals surface area (Å²) in [5.41, 5.74) is 2.86. The average Bonchev–Trinajstić information content (AvgIpc) is 2.97. The number of ether oxygens (including phenoxy) is 3. The van der Waals surface area contributed by atoms with Crippen molar-refractivity contribution < 1.29 is 19.0 Å². The second kappa shape index (κ2) is 6.28. The van der Waals surface area contributed by atoms with Crippen LogP contribution in [0.1, 0.15) is 16.7 Å². The van der Waals surface area contributed by atoms with Gasteiger partial charge in [0.2, 0.25) is 6.79 Å². The smallest absolute Gasteiger partial charge is 0.310 e. The Balaban J connectivity index is 1.59. The maximum absolute atomic E-state index is 11.9. The molecule has 0 spiro atoms. The van der Waals surface area contributed by atoms with E-state index in [2.05, 4.69) is 0 Å². The lowest BCUT2D eigenvalue weighted by Gasteiger charge is -2.07. The van der Waals surface area contributed by atoms with Crippen molar-refractivity contribution in [2.75, 3.05) is 6.79 Å². The van der Waals surface area contributed by atoms with Crippen molar-refractivity contribution in [1.29, 1.82) is 0 Å². The van der Waals surface area contributed by atoms with Crippen LogP contribution in [0.25, 0.3) is 0 Å². The molecule has 0 saturated carbocycles. The Labute approximate surface area is 133 Å². The fraction of sp³-hybridized carbons (Fsp3) is 0.235. The van der Waals surface area contributed by atoms with Gasteiger partial charge in [-0.15, -0.1) is 0 Å². The van der Waals surface area contributed by atoms with Crippen molar-refractivity contribution in [2.24, 2.45) is 0 Å². The lowest BCUT2D eigenvalue weighted by Crippen LogP contribution is -2.08. The van der Waals surface area contributed by atoms with Gasteiger partial charge in [-0.3, -0.25) is 4.79 Å². The molecular weight excluding hydrogens is 304 g/mol. The Morgan fingerprint density at radius 3 is 2.73 bits per heavy atom. The van der Waals surface area contributed by atoms with Crippen LogP contribution in [0.3, 0.4) is 0 Å². The molecule has 1 heterocycles. The van der Waals surface area contributed by atoms with Gasteiger partial charge in [-0.2, -0.15) is 0 Å². The molecule has 0 radical (unpaired) electrons. The zero-order chi connectivity index (χ0) is 15.5. The van der Waals surface area contributed by atoms with Crippen LogP contribution in [-0.4, -0.2) is 12.8 Å². The van der Waals surface area contributed by atoms with Gasteiger partial charge in [0.1, 0.15) is 6.61 Å². The molecule has 0 aliphatic carbocycles. The summed E-state index contributed by atoms with van der Waals surface area (Å²) in [5, 5.41) is 0.458. The second-order valence-electron chi connectivity index (χ2n) is 5.13. The lowest BCUT2D eigenvalue weighted by atomic mass is 10.1. The number of hydrogen-bond donors (Lipinski definition) is 0. The third-order valence-corrected chi connectivity index (χ3v) is 3.64. The van der Waals surface area contributed by atoms with Crippen LogP contribution >= 0.6 is 11.6 Å². The molecule has 0 fully saturated rings. The van der Waals surface area contributed by atoms with Gasteiger partial charge in [-0.25, -0.2) is 0 Å². The van der Waals surface area contributed by atoms with Crippen LogP contribution < -0.4 is 9.47 Å². The minimum atomic E-state index is -0.280. The zero-order valence-electron chi connectivity index (χ0n) is 12.1. The van der Waals surface area contributed by atoms with E-state index in [0.29, 0.717) is 16.5 Å². The zero-order valence-corrected chi connectivity index (χ0v) is 12.9. The van der Waals surface area contributed by atoms with Gasteiger partial charge in [-0.1, -0.05) is 41.4 Å². The molecule has 2 aromatic rings. The molecule has 0 N–H and O–H groups in total. The molecule has 0 atom stereocenters. The van der Waals surface area contributed by atoms with Crippen molar-refractivity contribution in [3.8, 4) is 11.5 Å². The molecule has 0 unspecified atom stereocenters. The molecule has 4 nitrogen and oxygen atoms in total. The van der Waals surface area contributed by atoms with Crippen molar-refractivity contribution >= 4 is 17.6 Å². The third-order valence-electron chi connectivity index (χ3n) is 3.36. The van der Waals surface area contributed by atoms with E-state index in [1.165, 1.54) is 0 Å². The van der Waals surface area contributed by atoms with Gasteiger partial charge in [0, 0.05) is 0 Å². The summed E-state index contributed by atoms with van der Waals surface area (Å²) >= 11 is 6.09. The monoisotopic (exact) mass is 318 g/mol. The van der Waals surface area contributed by atoms with Gasteiger partial charge < -0.3 is 14.2 Å². The maximum atomic E-state index is 11.9. The first kappa shape index (κ1) is 14.7. The minimum absolute atomic E-state index is 0.154. The number of rotatable bonds is 4. The highest BCUT2D eigenvalue weighted by Crippen LogP contribution is 2.39. The summed E-state index contributed by atoms with van der Waals surface area (Å²) in [6, 6.07) is 11.3. The Kier molecular flexibility index (Phi) is 4.20. The molecule has 1 aliphatic rings. The normalized spacial score (nSPS) is 12.3. The highest BCUT2D eigenvalue weighted by atomic mass is 35.5.